The van der Waals surface area contributed by atoms with Gasteiger partial charge < -0.3 is 10.1 Å². The van der Waals surface area contributed by atoms with Crippen molar-refractivity contribution in [2.45, 2.75) is 93.9 Å². The molecular weight excluding hydrogens is 719 g/mol. The van der Waals surface area contributed by atoms with Gasteiger partial charge in [0.15, 0.2) is 5.78 Å². The molecule has 239 valence electrons. The molecule has 0 bridgehead atoms. The Hall–Kier alpha value is -2.81. The van der Waals surface area contributed by atoms with Crippen molar-refractivity contribution in [3.63, 3.8) is 0 Å². The predicted octanol–water partition coefficient (Wildman–Crippen LogP) is 11.1. The van der Waals surface area contributed by atoms with Crippen molar-refractivity contribution in [1.82, 2.24) is 4.98 Å². The minimum atomic E-state index is 0. The van der Waals surface area contributed by atoms with Crippen LogP contribution < -0.4 is 0 Å². The van der Waals surface area contributed by atoms with Gasteiger partial charge in [-0.05, 0) is 83.7 Å². The van der Waals surface area contributed by atoms with Crippen molar-refractivity contribution in [3.8, 4) is 11.3 Å². The third-order valence-corrected chi connectivity index (χ3v) is 8.26. The number of hydrogen-bond donors (Lipinski definition) is 1. The minimum Gasteiger partial charge on any atom is -0.512 e. The van der Waals surface area contributed by atoms with Crippen molar-refractivity contribution in [2.75, 3.05) is 0 Å². The minimum absolute atomic E-state index is 0. The van der Waals surface area contributed by atoms with Crippen molar-refractivity contribution in [3.05, 3.63) is 89.8 Å². The molecule has 0 saturated carbocycles. The normalized spacial score (nSPS) is 11.8. The van der Waals surface area contributed by atoms with Crippen LogP contribution in [0.25, 0.3) is 32.8 Å². The van der Waals surface area contributed by atoms with E-state index in [1.165, 1.54) is 38.7 Å². The summed E-state index contributed by atoms with van der Waals surface area (Å²) in [6.07, 6.45) is 8.98. The Morgan fingerprint density at radius 1 is 0.795 bits per heavy atom. The van der Waals surface area contributed by atoms with Crippen molar-refractivity contribution < 1.29 is 30.0 Å². The molecule has 0 aliphatic carbocycles. The van der Waals surface area contributed by atoms with Gasteiger partial charge in [0.05, 0.1) is 5.76 Å². The molecule has 0 saturated heterocycles. The summed E-state index contributed by atoms with van der Waals surface area (Å²) in [7, 11) is 0. The summed E-state index contributed by atoms with van der Waals surface area (Å²) in [6, 6.07) is 23.4. The molecule has 0 amide bonds. The number of nitrogens with zero attached hydrogens (tertiary/aromatic N) is 1. The van der Waals surface area contributed by atoms with Gasteiger partial charge in [-0.1, -0.05) is 91.8 Å². The number of carbonyl (C=O) groups is 1. The second-order valence-electron chi connectivity index (χ2n) is 12.7. The zero-order chi connectivity index (χ0) is 31.5. The number of ketones is 1. The number of allylic oxidation sites excluding steroid dienone is 2. The Morgan fingerprint density at radius 2 is 1.43 bits per heavy atom. The third kappa shape index (κ3) is 10.1. The van der Waals surface area contributed by atoms with Gasteiger partial charge in [-0.15, -0.1) is 34.9 Å². The van der Waals surface area contributed by atoms with E-state index in [0.717, 1.165) is 49.8 Å². The van der Waals surface area contributed by atoms with Crippen molar-refractivity contribution in [2.24, 2.45) is 23.7 Å². The Kier molecular flexibility index (Phi) is 15.5. The van der Waals surface area contributed by atoms with E-state index in [0.29, 0.717) is 11.8 Å². The maximum atomic E-state index is 11.7. The molecule has 0 aliphatic heterocycles. The summed E-state index contributed by atoms with van der Waals surface area (Å²) in [6.45, 7) is 17.2. The van der Waals surface area contributed by atoms with Crippen LogP contribution in [0.5, 0.6) is 0 Å². The van der Waals surface area contributed by atoms with E-state index in [-0.39, 0.29) is 43.5 Å². The van der Waals surface area contributed by atoms with E-state index in [1.807, 2.05) is 33.9 Å². The molecule has 0 aliphatic rings. The molecule has 44 heavy (non-hydrogen) atoms. The van der Waals surface area contributed by atoms with Gasteiger partial charge in [0.2, 0.25) is 0 Å². The zero-order valence-corrected chi connectivity index (χ0v) is 30.4. The number of aliphatic hydroxyl groups is 1. The molecule has 4 heteroatoms. The van der Waals surface area contributed by atoms with Crippen LogP contribution in [-0.4, -0.2) is 15.9 Å². The molecule has 0 fully saturated rings. The first-order valence-electron chi connectivity index (χ1n) is 16.4. The zero-order valence-electron chi connectivity index (χ0n) is 28.0. The Balaban J connectivity index is 0.000000363. The number of aromatic nitrogens is 1. The Labute approximate surface area is 279 Å². The molecule has 0 atom stereocenters. The number of carbonyl (C=O) groups excluding carboxylic acids is 1. The smallest absolute Gasteiger partial charge is 0.162 e. The van der Waals surface area contributed by atoms with Crippen LogP contribution in [0.2, 0.25) is 0 Å². The van der Waals surface area contributed by atoms with E-state index < -0.39 is 0 Å². The first-order chi connectivity index (χ1) is 20.6. The summed E-state index contributed by atoms with van der Waals surface area (Å²) in [4.78, 5) is 16.5. The van der Waals surface area contributed by atoms with Crippen LogP contribution in [0.1, 0.15) is 92.2 Å². The number of pyridine rings is 1. The Bertz CT molecular complexity index is 1480. The van der Waals surface area contributed by atoms with Gasteiger partial charge in [-0.3, -0.25) is 4.79 Å². The maximum absolute atomic E-state index is 11.7. The van der Waals surface area contributed by atoms with Gasteiger partial charge in [-0.25, -0.2) is 0 Å². The van der Waals surface area contributed by atoms with Crippen molar-refractivity contribution >= 4 is 27.3 Å². The quantitative estimate of drug-likeness (QED) is 0.0675. The second kappa shape index (κ2) is 18.2. The largest absolute Gasteiger partial charge is 0.512 e. The van der Waals surface area contributed by atoms with Gasteiger partial charge in [0.1, 0.15) is 0 Å². The predicted molar refractivity (Wildman–Crippen MR) is 184 cm³/mol. The first-order valence-corrected chi connectivity index (χ1v) is 16.4. The molecule has 0 spiro atoms. The Morgan fingerprint density at radius 3 is 2.05 bits per heavy atom. The van der Waals surface area contributed by atoms with E-state index in [9.17, 15) is 9.90 Å². The summed E-state index contributed by atoms with van der Waals surface area (Å²) in [5.74, 6) is 1.79. The van der Waals surface area contributed by atoms with Crippen LogP contribution in [0, 0.1) is 29.7 Å². The number of rotatable bonds is 12. The van der Waals surface area contributed by atoms with Crippen molar-refractivity contribution in [1.29, 1.82) is 0 Å². The molecular formula is C40H52IrNO2-. The van der Waals surface area contributed by atoms with Gasteiger partial charge in [0, 0.05) is 44.2 Å². The first kappa shape index (κ1) is 37.4. The van der Waals surface area contributed by atoms with E-state index in [1.54, 1.807) is 0 Å². The molecule has 1 radical (unpaired) electrons. The summed E-state index contributed by atoms with van der Waals surface area (Å²) >= 11 is 0. The standard InChI is InChI=1S/C27H28N.C13H24O2.Ir/c1-18(2)13-20-15-21(14-19(3)4)17-23(16-20)27-26-10-9-22-7-5-6-8-24(22)25(26)11-12-28-27;1-5-10(6-2)12(14)9-13(15)11(7-3)8-4;/h5-12,15-16,18-19H,13-14H2,1-4H3;9-11,14H,5-8H2,1-4H3;/q-1;;/b;12-9-;. The van der Waals surface area contributed by atoms with Gasteiger partial charge in [0.25, 0.3) is 0 Å². The fourth-order valence-corrected chi connectivity index (χ4v) is 5.89. The van der Waals surface area contributed by atoms with Crippen LogP contribution >= 0.6 is 0 Å². The number of fused-ring (bicyclic) bond motifs is 3. The van der Waals surface area contributed by atoms with Crippen LogP contribution in [0.3, 0.4) is 0 Å². The number of hydrogen-bond acceptors (Lipinski definition) is 3. The van der Waals surface area contributed by atoms with E-state index >= 15 is 0 Å². The van der Waals surface area contributed by atoms with Gasteiger partial charge >= 0.3 is 0 Å². The average molecular weight is 771 g/mol. The molecule has 3 aromatic carbocycles. The molecule has 0 unspecified atom stereocenters. The molecule has 4 aromatic rings. The van der Waals surface area contributed by atoms with Gasteiger partial charge in [-0.2, -0.15) is 0 Å². The van der Waals surface area contributed by atoms with Crippen LogP contribution in [0.15, 0.2) is 72.6 Å². The fourth-order valence-electron chi connectivity index (χ4n) is 5.89. The summed E-state index contributed by atoms with van der Waals surface area (Å²) < 4.78 is 0. The topological polar surface area (TPSA) is 50.2 Å². The molecule has 1 heterocycles. The summed E-state index contributed by atoms with van der Waals surface area (Å²) in [5, 5.41) is 14.8. The van der Waals surface area contributed by atoms with E-state index in [4.69, 9.17) is 4.98 Å². The number of benzene rings is 3. The third-order valence-electron chi connectivity index (χ3n) is 8.26. The summed E-state index contributed by atoms with van der Waals surface area (Å²) in [5.41, 5.74) is 4.84. The molecule has 1 aromatic heterocycles. The second-order valence-corrected chi connectivity index (χ2v) is 12.7. The van der Waals surface area contributed by atoms with Crippen LogP contribution in [0.4, 0.5) is 0 Å². The molecule has 3 nitrogen and oxygen atoms in total. The maximum Gasteiger partial charge on any atom is 0.162 e. The van der Waals surface area contributed by atoms with E-state index in [2.05, 4.69) is 88.4 Å². The fraction of sp³-hybridized carbons (Fsp3) is 0.450. The molecule has 4 rings (SSSR count). The number of aliphatic hydroxyl groups excluding tert-OH is 1. The molecule has 1 N–H and O–H groups in total. The monoisotopic (exact) mass is 771 g/mol. The average Bonchev–Trinajstić information content (AvgIpc) is 2.97. The SMILES string of the molecule is CC(C)Cc1[c-]c(-c2nccc3c2ccc2ccccc23)cc(CC(C)C)c1.CCC(CC)C(=O)/C=C(\O)C(CC)CC.[Ir]. The van der Waals surface area contributed by atoms with Crippen LogP contribution in [-0.2, 0) is 37.7 Å².